The molecular weight excluding hydrogens is 470 g/mol. The molecule has 0 fully saturated rings. The largest absolute Gasteiger partial charge is 0.496 e. The van der Waals surface area contributed by atoms with Crippen LogP contribution in [0.25, 0.3) is 16.8 Å². The van der Waals surface area contributed by atoms with E-state index in [9.17, 15) is 19.8 Å². The molecule has 1 unspecified atom stereocenters. The van der Waals surface area contributed by atoms with Crippen LogP contribution in [0, 0.1) is 0 Å². The highest BCUT2D eigenvalue weighted by molar-refractivity contribution is 6.32. The van der Waals surface area contributed by atoms with Crippen molar-refractivity contribution in [2.24, 2.45) is 0 Å². The number of hydrogen-bond acceptors (Lipinski definition) is 5. The van der Waals surface area contributed by atoms with Gasteiger partial charge in [-0.2, -0.15) is 9.78 Å². The number of methoxy groups -OCH3 is 1. The number of halogens is 1. The van der Waals surface area contributed by atoms with Crippen molar-refractivity contribution in [3.05, 3.63) is 95.1 Å². The van der Waals surface area contributed by atoms with Gasteiger partial charge >= 0.3 is 5.97 Å². The predicted octanol–water partition coefficient (Wildman–Crippen LogP) is 4.85. The highest BCUT2D eigenvalue weighted by Crippen LogP contribution is 2.33. The number of carboxylic acids is 1. The van der Waals surface area contributed by atoms with Gasteiger partial charge in [0.15, 0.2) is 5.69 Å². The van der Waals surface area contributed by atoms with Gasteiger partial charge in [-0.25, -0.2) is 0 Å². The van der Waals surface area contributed by atoms with E-state index < -0.39 is 17.9 Å². The molecule has 1 atom stereocenters. The third-order valence-corrected chi connectivity index (χ3v) is 5.72. The topological polar surface area (TPSA) is 114 Å². The van der Waals surface area contributed by atoms with Gasteiger partial charge < -0.3 is 20.3 Å². The van der Waals surface area contributed by atoms with E-state index in [2.05, 4.69) is 10.4 Å². The minimum absolute atomic E-state index is 0.0994. The second-order valence-corrected chi connectivity index (χ2v) is 8.10. The number of para-hydroxylation sites is 1. The maximum Gasteiger partial charge on any atom is 0.305 e. The third-order valence-electron chi connectivity index (χ3n) is 5.40. The molecule has 0 radical (unpaired) electrons. The van der Waals surface area contributed by atoms with Crippen LogP contribution >= 0.6 is 11.6 Å². The Morgan fingerprint density at radius 2 is 1.74 bits per heavy atom. The van der Waals surface area contributed by atoms with E-state index in [1.165, 1.54) is 13.2 Å². The van der Waals surface area contributed by atoms with Crippen LogP contribution in [0.1, 0.15) is 28.5 Å². The van der Waals surface area contributed by atoms with E-state index in [0.717, 1.165) is 15.8 Å². The molecular formula is C26H22ClN3O5. The van der Waals surface area contributed by atoms with Crippen molar-refractivity contribution in [1.82, 2.24) is 15.1 Å². The van der Waals surface area contributed by atoms with E-state index in [1.54, 1.807) is 36.4 Å². The molecule has 8 nitrogen and oxygen atoms in total. The normalized spacial score (nSPS) is 11.6. The molecule has 0 bridgehead atoms. The molecule has 0 aliphatic carbocycles. The first-order valence-corrected chi connectivity index (χ1v) is 11.0. The quantitative estimate of drug-likeness (QED) is 0.324. The number of carboxylic acid groups (broad SMARTS) is 1. The van der Waals surface area contributed by atoms with Gasteiger partial charge in [-0.1, -0.05) is 66.2 Å². The Balaban J connectivity index is 1.64. The zero-order valence-corrected chi connectivity index (χ0v) is 19.4. The van der Waals surface area contributed by atoms with Gasteiger partial charge in [0.05, 0.1) is 30.3 Å². The second-order valence-electron chi connectivity index (χ2n) is 7.70. The molecule has 3 aromatic carbocycles. The molecule has 1 aromatic heterocycles. The number of rotatable bonds is 8. The number of aromatic hydroxyl groups is 1. The summed E-state index contributed by atoms with van der Waals surface area (Å²) < 4.78 is 6.67. The summed E-state index contributed by atoms with van der Waals surface area (Å²) in [4.78, 5) is 24.6. The lowest BCUT2D eigenvalue weighted by molar-refractivity contribution is -0.137. The van der Waals surface area contributed by atoms with Gasteiger partial charge in [-0.05, 0) is 29.3 Å². The lowest BCUT2D eigenvalue weighted by atomic mass is 9.97. The maximum atomic E-state index is 13.0. The Morgan fingerprint density at radius 1 is 1.03 bits per heavy atom. The molecule has 0 spiro atoms. The first-order valence-electron chi connectivity index (χ1n) is 10.7. The number of hydrogen-bond donors (Lipinski definition) is 3. The number of amides is 1. The molecule has 3 N–H and O–H groups in total. The third kappa shape index (κ3) is 5.28. The highest BCUT2D eigenvalue weighted by atomic mass is 35.5. The lowest BCUT2D eigenvalue weighted by Gasteiger charge is -2.20. The van der Waals surface area contributed by atoms with Crippen molar-refractivity contribution >= 4 is 23.5 Å². The number of aliphatic carboxylic acids is 1. The molecule has 178 valence electrons. The van der Waals surface area contributed by atoms with Crippen LogP contribution in [-0.4, -0.2) is 39.0 Å². The van der Waals surface area contributed by atoms with Crippen LogP contribution in [0.2, 0.25) is 5.02 Å². The van der Waals surface area contributed by atoms with E-state index in [-0.39, 0.29) is 18.0 Å². The Bertz CT molecular complexity index is 1370. The summed E-state index contributed by atoms with van der Waals surface area (Å²) in [6, 6.07) is 22.0. The molecule has 0 aliphatic rings. The van der Waals surface area contributed by atoms with Crippen LogP contribution < -0.4 is 10.1 Å². The Labute approximate surface area is 206 Å². The zero-order valence-electron chi connectivity index (χ0n) is 18.7. The van der Waals surface area contributed by atoms with Crippen molar-refractivity contribution in [3.63, 3.8) is 0 Å². The minimum Gasteiger partial charge on any atom is -0.496 e. The van der Waals surface area contributed by atoms with Crippen LogP contribution in [-0.2, 0) is 4.79 Å². The number of carbonyl (C=O) groups is 2. The number of benzene rings is 3. The van der Waals surface area contributed by atoms with Crippen molar-refractivity contribution in [3.8, 4) is 28.4 Å². The highest BCUT2D eigenvalue weighted by Gasteiger charge is 2.25. The fourth-order valence-corrected chi connectivity index (χ4v) is 3.95. The summed E-state index contributed by atoms with van der Waals surface area (Å²) in [5.74, 6) is -1.62. The number of nitrogens with zero attached hydrogens (tertiary/aromatic N) is 2. The van der Waals surface area contributed by atoms with Crippen molar-refractivity contribution < 1.29 is 24.5 Å². The first-order chi connectivity index (χ1) is 16.9. The molecule has 4 aromatic rings. The van der Waals surface area contributed by atoms with Gasteiger partial charge in [0.2, 0.25) is 5.88 Å². The lowest BCUT2D eigenvalue weighted by Crippen LogP contribution is -2.31. The smallest absolute Gasteiger partial charge is 0.305 e. The monoisotopic (exact) mass is 491 g/mol. The number of ether oxygens (including phenoxy) is 1. The standard InChI is InChI=1S/C26H22ClN3O5/c1-35-23-13-17(16-7-3-2-4-8-16)11-12-18(23)20(15-25(32)33)28-26(34)21-14-24(31)30(29-21)22-10-6-5-9-19(22)27/h2-14,20,31H,15H2,1H3,(H,28,34)(H,32,33). The van der Waals surface area contributed by atoms with Crippen LogP contribution in [0.15, 0.2) is 78.9 Å². The predicted molar refractivity (Wildman–Crippen MR) is 131 cm³/mol. The molecule has 0 saturated heterocycles. The molecule has 35 heavy (non-hydrogen) atoms. The Hall–Kier alpha value is -4.30. The van der Waals surface area contributed by atoms with Gasteiger partial charge in [-0.3, -0.25) is 9.59 Å². The van der Waals surface area contributed by atoms with E-state index >= 15 is 0 Å². The number of aromatic nitrogens is 2. The summed E-state index contributed by atoms with van der Waals surface area (Å²) in [5.41, 5.74) is 2.65. The molecule has 0 aliphatic heterocycles. The number of carbonyl (C=O) groups excluding carboxylic acids is 1. The van der Waals surface area contributed by atoms with E-state index in [1.807, 2.05) is 36.4 Å². The maximum absolute atomic E-state index is 13.0. The van der Waals surface area contributed by atoms with Gasteiger partial charge in [-0.15, -0.1) is 0 Å². The van der Waals surface area contributed by atoms with Crippen LogP contribution in [0.3, 0.4) is 0 Å². The minimum atomic E-state index is -1.10. The van der Waals surface area contributed by atoms with Crippen molar-refractivity contribution in [1.29, 1.82) is 0 Å². The summed E-state index contributed by atoms with van der Waals surface area (Å²) in [6.07, 6.45) is -0.385. The molecule has 1 heterocycles. The molecule has 9 heteroatoms. The van der Waals surface area contributed by atoms with Crippen LogP contribution in [0.5, 0.6) is 11.6 Å². The molecule has 0 saturated carbocycles. The van der Waals surface area contributed by atoms with Gasteiger partial charge in [0.1, 0.15) is 5.75 Å². The SMILES string of the molecule is COc1cc(-c2ccccc2)ccc1C(CC(=O)O)NC(=O)c1cc(O)n(-c2ccccc2Cl)n1. The van der Waals surface area contributed by atoms with Crippen molar-refractivity contribution in [2.75, 3.05) is 7.11 Å². The average molecular weight is 492 g/mol. The van der Waals surface area contributed by atoms with Crippen LogP contribution in [0.4, 0.5) is 0 Å². The van der Waals surface area contributed by atoms with Gasteiger partial charge in [0.25, 0.3) is 5.91 Å². The summed E-state index contributed by atoms with van der Waals surface area (Å²) in [6.45, 7) is 0. The van der Waals surface area contributed by atoms with E-state index in [4.69, 9.17) is 16.3 Å². The summed E-state index contributed by atoms with van der Waals surface area (Å²) in [7, 11) is 1.48. The molecule has 4 rings (SSSR count). The molecule has 1 amide bonds. The fourth-order valence-electron chi connectivity index (χ4n) is 3.74. The summed E-state index contributed by atoms with van der Waals surface area (Å²) in [5, 5.41) is 27.0. The Morgan fingerprint density at radius 3 is 2.43 bits per heavy atom. The van der Waals surface area contributed by atoms with E-state index in [0.29, 0.717) is 22.0 Å². The van der Waals surface area contributed by atoms with Gasteiger partial charge in [0, 0.05) is 11.6 Å². The Kier molecular flexibility index (Phi) is 7.03. The second kappa shape index (κ2) is 10.3. The first kappa shape index (κ1) is 23.8. The number of nitrogens with one attached hydrogen (secondary N) is 1. The van der Waals surface area contributed by atoms with Crippen molar-refractivity contribution in [2.45, 2.75) is 12.5 Å². The summed E-state index contributed by atoms with van der Waals surface area (Å²) >= 11 is 6.18. The average Bonchev–Trinajstić information content (AvgIpc) is 3.25. The zero-order chi connectivity index (χ0) is 24.9. The fraction of sp³-hybridized carbons (Fsp3) is 0.115.